The molecule has 0 bridgehead atoms. The van der Waals surface area contributed by atoms with Crippen molar-refractivity contribution < 1.29 is 0 Å². The van der Waals surface area contributed by atoms with Crippen molar-refractivity contribution in [3.8, 4) is 0 Å². The van der Waals surface area contributed by atoms with Crippen molar-refractivity contribution in [2.24, 2.45) is 0 Å². The van der Waals surface area contributed by atoms with Gasteiger partial charge in [-0.15, -0.1) is 0 Å². The molecule has 0 N–H and O–H groups in total. The fourth-order valence-corrected chi connectivity index (χ4v) is 2.04. The van der Waals surface area contributed by atoms with Crippen molar-refractivity contribution in [2.75, 3.05) is 0 Å². The molecule has 0 nitrogen and oxygen atoms in total. The minimum atomic E-state index is -0.815. The van der Waals surface area contributed by atoms with Crippen LogP contribution in [0, 0.1) is 0 Å². The highest BCUT2D eigenvalue weighted by atomic mass is 35.5. The summed E-state index contributed by atoms with van der Waals surface area (Å²) in [6.07, 6.45) is 13.1. The number of hydrogen-bond donors (Lipinski definition) is 0. The van der Waals surface area contributed by atoms with E-state index in [1.165, 1.54) is 32.1 Å². The summed E-state index contributed by atoms with van der Waals surface area (Å²) in [5.74, 6) is 0. The third-order valence-electron chi connectivity index (χ3n) is 2.43. The van der Waals surface area contributed by atoms with E-state index in [0.29, 0.717) is 0 Å². The lowest BCUT2D eigenvalue weighted by Gasteiger charge is -2.14. The molecule has 100 valence electrons. The first kappa shape index (κ1) is 17.6. The summed E-state index contributed by atoms with van der Waals surface area (Å²) >= 11 is 23.2. The second-order valence-corrected chi connectivity index (χ2v) is 6.64. The van der Waals surface area contributed by atoms with Crippen LogP contribution in [0.2, 0.25) is 0 Å². The van der Waals surface area contributed by atoms with E-state index in [0.717, 1.165) is 12.8 Å². The summed E-state index contributed by atoms with van der Waals surface area (Å²) < 4.78 is -0.616. The van der Waals surface area contributed by atoms with Crippen molar-refractivity contribution in [1.29, 1.82) is 0 Å². The van der Waals surface area contributed by atoms with Crippen LogP contribution in [0.25, 0.3) is 0 Å². The van der Waals surface area contributed by atoms with Gasteiger partial charge in [0.25, 0.3) is 0 Å². The quantitative estimate of drug-likeness (QED) is 0.249. The van der Waals surface area contributed by atoms with E-state index in [1.807, 2.05) is 0 Å². The van der Waals surface area contributed by atoms with E-state index >= 15 is 0 Å². The summed E-state index contributed by atoms with van der Waals surface area (Å²) in [5.41, 5.74) is 0. The molecule has 0 spiro atoms. The molecule has 0 amide bonds. The van der Waals surface area contributed by atoms with Gasteiger partial charge in [-0.1, -0.05) is 97.9 Å². The molecule has 0 aliphatic rings. The van der Waals surface area contributed by atoms with Gasteiger partial charge in [0.1, 0.15) is 8.82 Å². The minimum Gasteiger partial charge on any atom is -0.0970 e. The molecule has 0 rings (SSSR count). The molecule has 0 aromatic carbocycles. The molecule has 17 heavy (non-hydrogen) atoms. The van der Waals surface area contributed by atoms with Crippen LogP contribution < -0.4 is 0 Å². The number of unbranched alkanes of at least 4 members (excludes halogenated alkanes) is 5. The van der Waals surface area contributed by atoms with E-state index in [4.69, 9.17) is 46.4 Å². The molecule has 0 atom stereocenters. The Kier molecular flexibility index (Phi) is 10.9. The Hall–Kier alpha value is 0.640. The zero-order chi connectivity index (χ0) is 13.1. The SMILES string of the molecule is CCCCCCCCC(Cl)(Cl)C=CC=C(Cl)Cl. The second kappa shape index (κ2) is 10.6. The van der Waals surface area contributed by atoms with E-state index in [2.05, 4.69) is 6.92 Å². The maximum absolute atomic E-state index is 6.12. The molecule has 0 aliphatic carbocycles. The monoisotopic (exact) mass is 316 g/mol. The van der Waals surface area contributed by atoms with E-state index in [9.17, 15) is 0 Å². The fraction of sp³-hybridized carbons (Fsp3) is 0.692. The molecular formula is C13H20Cl4. The Balaban J connectivity index is 3.71. The Morgan fingerprint density at radius 1 is 1.00 bits per heavy atom. The first-order chi connectivity index (χ1) is 7.98. The smallest absolute Gasteiger partial charge is 0.0970 e. The first-order valence-corrected chi connectivity index (χ1v) is 7.57. The standard InChI is InChI=1S/C13H20Cl4/c1-2-3-4-5-6-7-10-13(16,17)11-8-9-12(14)15/h8-9,11H,2-7,10H2,1H3. The molecule has 4 heteroatoms. The van der Waals surface area contributed by atoms with Gasteiger partial charge in [-0.25, -0.2) is 0 Å². The molecule has 0 unspecified atom stereocenters. The molecule has 0 saturated heterocycles. The van der Waals surface area contributed by atoms with Crippen LogP contribution >= 0.6 is 46.4 Å². The van der Waals surface area contributed by atoms with E-state index < -0.39 is 4.33 Å². The number of halogens is 4. The third kappa shape index (κ3) is 12.9. The van der Waals surface area contributed by atoms with Gasteiger partial charge < -0.3 is 0 Å². The van der Waals surface area contributed by atoms with Crippen LogP contribution in [0.1, 0.15) is 51.9 Å². The van der Waals surface area contributed by atoms with Crippen LogP contribution in [0.15, 0.2) is 22.7 Å². The minimum absolute atomic E-state index is 0.199. The van der Waals surface area contributed by atoms with Gasteiger partial charge in [-0.2, -0.15) is 0 Å². The van der Waals surface area contributed by atoms with Crippen molar-refractivity contribution in [2.45, 2.75) is 56.2 Å². The summed E-state index contributed by atoms with van der Waals surface area (Å²) in [4.78, 5) is 0. The van der Waals surface area contributed by atoms with Crippen molar-refractivity contribution >= 4 is 46.4 Å². The summed E-state index contributed by atoms with van der Waals surface area (Å²) in [7, 11) is 0. The average molecular weight is 318 g/mol. The predicted octanol–water partition coefficient (Wildman–Crippen LogP) is 6.79. The highest BCUT2D eigenvalue weighted by Gasteiger charge is 2.18. The third-order valence-corrected chi connectivity index (χ3v) is 3.31. The highest BCUT2D eigenvalue weighted by Crippen LogP contribution is 2.29. The number of alkyl halides is 2. The van der Waals surface area contributed by atoms with Gasteiger partial charge in [0.05, 0.1) is 0 Å². The molecule has 0 saturated carbocycles. The first-order valence-electron chi connectivity index (χ1n) is 6.06. The second-order valence-electron chi connectivity index (χ2n) is 4.09. The van der Waals surface area contributed by atoms with Crippen molar-refractivity contribution in [3.05, 3.63) is 22.7 Å². The molecule has 0 aromatic heterocycles. The Morgan fingerprint density at radius 2 is 1.59 bits per heavy atom. The Labute approximate surface area is 125 Å². The molecule has 0 aliphatic heterocycles. The molecular weight excluding hydrogens is 298 g/mol. The Morgan fingerprint density at radius 3 is 2.18 bits per heavy atom. The average Bonchev–Trinajstić information content (AvgIpc) is 2.22. The van der Waals surface area contributed by atoms with Crippen molar-refractivity contribution in [1.82, 2.24) is 0 Å². The summed E-state index contributed by atoms with van der Waals surface area (Å²) in [6, 6.07) is 0. The Bertz CT molecular complexity index is 240. The van der Waals surface area contributed by atoms with Gasteiger partial charge >= 0.3 is 0 Å². The largest absolute Gasteiger partial charge is 0.136 e. The zero-order valence-electron chi connectivity index (χ0n) is 10.2. The molecule has 0 heterocycles. The summed E-state index contributed by atoms with van der Waals surface area (Å²) in [5, 5.41) is 0. The van der Waals surface area contributed by atoms with Gasteiger partial charge in [0.2, 0.25) is 0 Å². The van der Waals surface area contributed by atoms with Crippen LogP contribution in [0.3, 0.4) is 0 Å². The van der Waals surface area contributed by atoms with Crippen LogP contribution in [-0.2, 0) is 0 Å². The van der Waals surface area contributed by atoms with Gasteiger partial charge in [0, 0.05) is 0 Å². The topological polar surface area (TPSA) is 0 Å². The van der Waals surface area contributed by atoms with Crippen LogP contribution in [0.5, 0.6) is 0 Å². The predicted molar refractivity (Wildman–Crippen MR) is 81.4 cm³/mol. The van der Waals surface area contributed by atoms with Gasteiger partial charge in [0.15, 0.2) is 0 Å². The molecule has 0 aromatic rings. The molecule has 0 radical (unpaired) electrons. The normalized spacial score (nSPS) is 12.1. The maximum Gasteiger partial charge on any atom is 0.136 e. The van der Waals surface area contributed by atoms with E-state index in [-0.39, 0.29) is 4.49 Å². The number of allylic oxidation sites excluding steroid dienone is 3. The lowest BCUT2D eigenvalue weighted by atomic mass is 10.1. The van der Waals surface area contributed by atoms with E-state index in [1.54, 1.807) is 18.2 Å². The lowest BCUT2D eigenvalue weighted by Crippen LogP contribution is -2.07. The van der Waals surface area contributed by atoms with Crippen LogP contribution in [-0.4, -0.2) is 4.33 Å². The van der Waals surface area contributed by atoms with Gasteiger partial charge in [-0.3, -0.25) is 0 Å². The zero-order valence-corrected chi connectivity index (χ0v) is 13.2. The molecule has 0 fully saturated rings. The highest BCUT2D eigenvalue weighted by molar-refractivity contribution is 6.56. The van der Waals surface area contributed by atoms with Gasteiger partial charge in [-0.05, 0) is 18.6 Å². The number of rotatable bonds is 9. The maximum atomic E-state index is 6.12. The number of hydrogen-bond acceptors (Lipinski definition) is 0. The fourth-order valence-electron chi connectivity index (χ4n) is 1.49. The summed E-state index contributed by atoms with van der Waals surface area (Å²) in [6.45, 7) is 2.21. The van der Waals surface area contributed by atoms with Crippen LogP contribution in [0.4, 0.5) is 0 Å². The van der Waals surface area contributed by atoms with Crippen molar-refractivity contribution in [3.63, 3.8) is 0 Å². The lowest BCUT2D eigenvalue weighted by molar-refractivity contribution is 0.585.